The van der Waals surface area contributed by atoms with E-state index in [9.17, 15) is 15.2 Å². The molecule has 6 N–H and O–H groups in total. The van der Waals surface area contributed by atoms with Crippen LogP contribution in [0, 0.1) is 0 Å². The van der Waals surface area contributed by atoms with Gasteiger partial charge in [-0.25, -0.2) is 0 Å². The number of nitrogens with one attached hydrogen (secondary N) is 1. The molecule has 0 aliphatic heterocycles. The molecule has 1 rings (SSSR count). The Hall–Kier alpha value is -0.925. The topological polar surface area (TPSA) is 111 Å². The number of nitrogens with zero attached hydrogens (tertiary/aromatic N) is 1. The van der Waals surface area contributed by atoms with Crippen LogP contribution in [0.5, 0.6) is 0 Å². The Kier molecular flexibility index (Phi) is 8.66. The lowest BCUT2D eigenvalue weighted by molar-refractivity contribution is -0.00178. The zero-order valence-electron chi connectivity index (χ0n) is 13.1. The molecular weight excluding hydrogens is 301 g/mol. The van der Waals surface area contributed by atoms with Crippen molar-refractivity contribution in [3.8, 4) is 0 Å². The van der Waals surface area contributed by atoms with Crippen LogP contribution in [0.3, 0.4) is 0 Å². The van der Waals surface area contributed by atoms with E-state index in [1.807, 2.05) is 11.4 Å². The fourth-order valence-electron chi connectivity index (χ4n) is 2.24. The van der Waals surface area contributed by atoms with Gasteiger partial charge < -0.3 is 26.2 Å². The predicted octanol–water partition coefficient (Wildman–Crippen LogP) is 0.758. The monoisotopic (exact) mass is 327 g/mol. The van der Waals surface area contributed by atoms with Crippen molar-refractivity contribution in [2.24, 2.45) is 10.7 Å². The highest BCUT2D eigenvalue weighted by Gasteiger charge is 2.29. The number of rotatable bonds is 10. The number of hydrogen-bond acceptors (Lipinski definition) is 6. The Bertz CT molecular complexity index is 439. The summed E-state index contributed by atoms with van der Waals surface area (Å²) in [5.41, 5.74) is 5.48. The molecule has 1 heterocycles. The zero-order valence-corrected chi connectivity index (χ0v) is 14.0. The lowest BCUT2D eigenvalue weighted by atomic mass is 9.84. The number of thiophene rings is 1. The summed E-state index contributed by atoms with van der Waals surface area (Å²) in [5.74, 6) is 0.562. The minimum Gasteiger partial charge on any atom is -0.437 e. The Morgan fingerprint density at radius 2 is 2.18 bits per heavy atom. The molecule has 0 spiro atoms. The first-order valence-electron chi connectivity index (χ1n) is 7.52. The van der Waals surface area contributed by atoms with Crippen LogP contribution in [-0.2, 0) is 0 Å². The molecule has 22 heavy (non-hydrogen) atoms. The average molecular weight is 327 g/mol. The Morgan fingerprint density at radius 3 is 2.73 bits per heavy atom. The summed E-state index contributed by atoms with van der Waals surface area (Å²) in [6.07, 6.45) is 0.353. The minimum atomic E-state index is -0.979. The first kappa shape index (κ1) is 19.1. The molecule has 8 heteroatoms. The van der Waals surface area contributed by atoms with Gasteiger partial charge in [-0.05, 0) is 44.5 Å². The van der Waals surface area contributed by atoms with Gasteiger partial charge in [0.2, 0.25) is 0 Å². The molecule has 0 fully saturated rings. The molecule has 124 valence electrons. The standard InChI is InChI=1S/C14H26BN3O3S/c1-10(16)17-8-4-3-6-11(18-15(2)21)13(19)14(20)12-7-5-9-22-12/h5,7,9,11,13-14,18-21H,3-4,6,8H2,1-2H3,(H2,16,17). The van der Waals surface area contributed by atoms with Crippen molar-refractivity contribution in [1.29, 1.82) is 0 Å². The zero-order chi connectivity index (χ0) is 16.5. The van der Waals surface area contributed by atoms with Crippen LogP contribution < -0.4 is 11.0 Å². The molecule has 0 aliphatic carbocycles. The summed E-state index contributed by atoms with van der Waals surface area (Å²) in [6, 6.07) is 3.23. The third-order valence-corrected chi connectivity index (χ3v) is 4.25. The summed E-state index contributed by atoms with van der Waals surface area (Å²) in [7, 11) is -0.750. The molecule has 0 aliphatic rings. The number of aliphatic hydroxyl groups excluding tert-OH is 2. The van der Waals surface area contributed by atoms with Crippen molar-refractivity contribution >= 4 is 24.2 Å². The number of aliphatic hydroxyl groups is 2. The maximum Gasteiger partial charge on any atom is 0.373 e. The van der Waals surface area contributed by atoms with Crippen molar-refractivity contribution in [2.75, 3.05) is 6.54 Å². The van der Waals surface area contributed by atoms with Crippen LogP contribution >= 0.6 is 11.3 Å². The summed E-state index contributed by atoms with van der Waals surface area (Å²) >= 11 is 1.40. The van der Waals surface area contributed by atoms with Gasteiger partial charge in [0.25, 0.3) is 0 Å². The molecule has 0 radical (unpaired) electrons. The van der Waals surface area contributed by atoms with Gasteiger partial charge in [-0.3, -0.25) is 4.99 Å². The fourth-order valence-corrected chi connectivity index (χ4v) is 2.99. The summed E-state index contributed by atoms with van der Waals surface area (Å²) in [4.78, 5) is 4.83. The van der Waals surface area contributed by atoms with Crippen molar-refractivity contribution in [2.45, 2.75) is 51.3 Å². The van der Waals surface area contributed by atoms with Gasteiger partial charge in [-0.15, -0.1) is 11.3 Å². The number of nitrogens with two attached hydrogens (primary N) is 1. The van der Waals surface area contributed by atoms with E-state index in [-0.39, 0.29) is 6.04 Å². The number of aliphatic imine (C=N–C) groups is 1. The Morgan fingerprint density at radius 1 is 1.45 bits per heavy atom. The van der Waals surface area contributed by atoms with Gasteiger partial charge in [0.05, 0.1) is 11.9 Å². The van der Waals surface area contributed by atoms with E-state index in [4.69, 9.17) is 5.73 Å². The van der Waals surface area contributed by atoms with Gasteiger partial charge in [0, 0.05) is 17.5 Å². The van der Waals surface area contributed by atoms with Gasteiger partial charge in [-0.1, -0.05) is 6.07 Å². The summed E-state index contributed by atoms with van der Waals surface area (Å²) in [5, 5.41) is 34.9. The largest absolute Gasteiger partial charge is 0.437 e. The molecule has 0 saturated heterocycles. The lowest BCUT2D eigenvalue weighted by Gasteiger charge is -2.28. The quantitative estimate of drug-likeness (QED) is 0.189. The van der Waals surface area contributed by atoms with Crippen LogP contribution in [0.2, 0.25) is 6.82 Å². The lowest BCUT2D eigenvalue weighted by Crippen LogP contribution is -2.48. The molecule has 3 unspecified atom stereocenters. The highest BCUT2D eigenvalue weighted by atomic mass is 32.1. The molecule has 0 aromatic carbocycles. The predicted molar refractivity (Wildman–Crippen MR) is 92.1 cm³/mol. The minimum absolute atomic E-state index is 0.389. The second-order valence-electron chi connectivity index (χ2n) is 5.42. The first-order chi connectivity index (χ1) is 10.4. The van der Waals surface area contributed by atoms with Gasteiger partial charge in [0.1, 0.15) is 6.10 Å². The maximum atomic E-state index is 10.4. The average Bonchev–Trinajstić information content (AvgIpc) is 2.97. The summed E-state index contributed by atoms with van der Waals surface area (Å²) in [6.45, 7) is 3.99. The van der Waals surface area contributed by atoms with Gasteiger partial charge in [-0.2, -0.15) is 0 Å². The maximum absolute atomic E-state index is 10.4. The van der Waals surface area contributed by atoms with Crippen LogP contribution in [0.4, 0.5) is 0 Å². The van der Waals surface area contributed by atoms with Gasteiger partial charge in [0.15, 0.2) is 0 Å². The van der Waals surface area contributed by atoms with Crippen molar-refractivity contribution < 1.29 is 15.2 Å². The van der Waals surface area contributed by atoms with Crippen molar-refractivity contribution in [3.63, 3.8) is 0 Å². The number of unbranched alkanes of at least 4 members (excludes halogenated alkanes) is 1. The Labute approximate surface area is 136 Å². The van der Waals surface area contributed by atoms with Crippen LogP contribution in [0.15, 0.2) is 22.5 Å². The molecule has 0 amide bonds. The Balaban J connectivity index is 2.53. The van der Waals surface area contributed by atoms with E-state index in [1.165, 1.54) is 11.3 Å². The number of hydrogen-bond donors (Lipinski definition) is 5. The van der Waals surface area contributed by atoms with E-state index in [0.29, 0.717) is 23.7 Å². The SMILES string of the molecule is CB(O)NC(CCCCN=C(C)N)C(O)C(O)c1cccs1. The van der Waals surface area contributed by atoms with Crippen molar-refractivity contribution in [1.82, 2.24) is 5.23 Å². The second kappa shape index (κ2) is 9.96. The van der Waals surface area contributed by atoms with Gasteiger partial charge >= 0.3 is 7.05 Å². The van der Waals surface area contributed by atoms with Crippen LogP contribution in [0.25, 0.3) is 0 Å². The van der Waals surface area contributed by atoms with E-state index in [0.717, 1.165) is 12.8 Å². The highest BCUT2D eigenvalue weighted by molar-refractivity contribution is 7.10. The highest BCUT2D eigenvalue weighted by Crippen LogP contribution is 2.25. The molecule has 0 saturated carbocycles. The van der Waals surface area contributed by atoms with E-state index in [2.05, 4.69) is 10.2 Å². The third-order valence-electron chi connectivity index (χ3n) is 3.31. The summed E-state index contributed by atoms with van der Waals surface area (Å²) < 4.78 is 0. The number of amidine groups is 1. The third kappa shape index (κ3) is 6.89. The molecule has 6 nitrogen and oxygen atoms in total. The van der Waals surface area contributed by atoms with E-state index in [1.54, 1.807) is 19.8 Å². The second-order valence-corrected chi connectivity index (χ2v) is 6.40. The molecule has 1 aromatic heterocycles. The van der Waals surface area contributed by atoms with E-state index < -0.39 is 19.3 Å². The van der Waals surface area contributed by atoms with E-state index >= 15 is 0 Å². The normalized spacial score (nSPS) is 16.3. The first-order valence-corrected chi connectivity index (χ1v) is 8.40. The molecule has 1 aromatic rings. The van der Waals surface area contributed by atoms with Crippen LogP contribution in [0.1, 0.15) is 37.2 Å². The molecule has 3 atom stereocenters. The van der Waals surface area contributed by atoms with Crippen LogP contribution in [-0.4, -0.2) is 46.8 Å². The van der Waals surface area contributed by atoms with Crippen molar-refractivity contribution in [3.05, 3.63) is 22.4 Å². The molecule has 0 bridgehead atoms. The fraction of sp³-hybridized carbons (Fsp3) is 0.643. The molecular formula is C14H26BN3O3S. The smallest absolute Gasteiger partial charge is 0.373 e.